The van der Waals surface area contributed by atoms with Crippen molar-refractivity contribution in [2.75, 3.05) is 27.2 Å². The fourth-order valence-electron chi connectivity index (χ4n) is 2.54. The van der Waals surface area contributed by atoms with Crippen LogP contribution in [0.2, 0.25) is 0 Å². The van der Waals surface area contributed by atoms with Gasteiger partial charge in [0.15, 0.2) is 0 Å². The summed E-state index contributed by atoms with van der Waals surface area (Å²) in [5, 5.41) is 7.56. The van der Waals surface area contributed by atoms with E-state index in [0.717, 1.165) is 25.2 Å². The number of piperidine rings is 1. The summed E-state index contributed by atoms with van der Waals surface area (Å²) in [5.41, 5.74) is 1.14. The quantitative estimate of drug-likeness (QED) is 0.798. The molecule has 1 saturated heterocycles. The van der Waals surface area contributed by atoms with Crippen LogP contribution < -0.4 is 5.32 Å². The molecule has 5 nitrogen and oxygen atoms in total. The molecular weight excluding hydrogens is 216 g/mol. The minimum Gasteiger partial charge on any atom is -0.349 e. The average Bonchev–Trinajstić information content (AvgIpc) is 2.74. The van der Waals surface area contributed by atoms with Crippen molar-refractivity contribution < 1.29 is 4.79 Å². The van der Waals surface area contributed by atoms with Crippen molar-refractivity contribution in [2.24, 2.45) is 13.0 Å². The van der Waals surface area contributed by atoms with E-state index in [4.69, 9.17) is 0 Å². The van der Waals surface area contributed by atoms with Crippen molar-refractivity contribution in [2.45, 2.75) is 12.3 Å². The summed E-state index contributed by atoms with van der Waals surface area (Å²) in [6, 6.07) is 2.01. The highest BCUT2D eigenvalue weighted by Gasteiger charge is 2.34. The maximum absolute atomic E-state index is 12.2. The van der Waals surface area contributed by atoms with Crippen LogP contribution in [-0.2, 0) is 11.8 Å². The molecule has 17 heavy (non-hydrogen) atoms. The van der Waals surface area contributed by atoms with Crippen molar-refractivity contribution in [1.29, 1.82) is 0 Å². The second-order valence-electron chi connectivity index (χ2n) is 4.82. The largest absolute Gasteiger partial charge is 0.349 e. The van der Waals surface area contributed by atoms with Gasteiger partial charge in [-0.3, -0.25) is 9.48 Å². The highest BCUT2D eigenvalue weighted by atomic mass is 16.2. The van der Waals surface area contributed by atoms with E-state index >= 15 is 0 Å². The zero-order chi connectivity index (χ0) is 12.4. The topological polar surface area (TPSA) is 50.2 Å². The van der Waals surface area contributed by atoms with Gasteiger partial charge in [-0.1, -0.05) is 0 Å². The number of aryl methyl sites for hydroxylation is 1. The highest BCUT2D eigenvalue weighted by Crippen LogP contribution is 2.29. The summed E-state index contributed by atoms with van der Waals surface area (Å²) >= 11 is 0. The number of hydrogen-bond acceptors (Lipinski definition) is 3. The standard InChI is InChI=1S/C12H20N4O/c1-15(2)12(17)9-4-6-13-8-10(9)11-5-7-14-16(11)3/h5,7,9-10,13H,4,6,8H2,1-3H3. The molecule has 0 spiro atoms. The molecule has 1 aromatic rings. The summed E-state index contributed by atoms with van der Waals surface area (Å²) in [5.74, 6) is 0.519. The fourth-order valence-corrected chi connectivity index (χ4v) is 2.54. The maximum atomic E-state index is 12.2. The van der Waals surface area contributed by atoms with Gasteiger partial charge in [-0.15, -0.1) is 0 Å². The molecule has 2 heterocycles. The average molecular weight is 236 g/mol. The van der Waals surface area contributed by atoms with Gasteiger partial charge in [-0.25, -0.2) is 0 Å². The smallest absolute Gasteiger partial charge is 0.225 e. The SMILES string of the molecule is CN(C)C(=O)C1CCNCC1c1ccnn1C. The van der Waals surface area contributed by atoms with E-state index in [9.17, 15) is 4.79 Å². The van der Waals surface area contributed by atoms with Gasteiger partial charge < -0.3 is 10.2 Å². The predicted octanol–water partition coefficient (Wildman–Crippen LogP) is 0.201. The Bertz CT molecular complexity index is 399. The number of carbonyl (C=O) groups is 1. The molecule has 1 N–H and O–H groups in total. The van der Waals surface area contributed by atoms with Crippen molar-refractivity contribution >= 4 is 5.91 Å². The number of nitrogens with zero attached hydrogens (tertiary/aromatic N) is 3. The van der Waals surface area contributed by atoms with Crippen LogP contribution in [0, 0.1) is 5.92 Å². The van der Waals surface area contributed by atoms with Crippen LogP contribution in [0.3, 0.4) is 0 Å². The molecule has 94 valence electrons. The Kier molecular flexibility index (Phi) is 3.47. The Morgan fingerprint density at radius 3 is 2.94 bits per heavy atom. The molecule has 2 unspecified atom stereocenters. The molecule has 1 aromatic heterocycles. The van der Waals surface area contributed by atoms with Gasteiger partial charge in [-0.05, 0) is 19.0 Å². The molecule has 0 saturated carbocycles. The Morgan fingerprint density at radius 1 is 1.59 bits per heavy atom. The van der Waals surface area contributed by atoms with Crippen molar-refractivity contribution in [3.63, 3.8) is 0 Å². The van der Waals surface area contributed by atoms with Gasteiger partial charge in [0.2, 0.25) is 5.91 Å². The number of aromatic nitrogens is 2. The van der Waals surface area contributed by atoms with Crippen molar-refractivity contribution in [3.8, 4) is 0 Å². The second kappa shape index (κ2) is 4.87. The maximum Gasteiger partial charge on any atom is 0.225 e. The molecule has 1 amide bonds. The normalized spacial score (nSPS) is 24.6. The van der Waals surface area contributed by atoms with Crippen LogP contribution in [0.5, 0.6) is 0 Å². The van der Waals surface area contributed by atoms with E-state index in [-0.39, 0.29) is 17.7 Å². The molecule has 0 aliphatic carbocycles. The van der Waals surface area contributed by atoms with E-state index in [2.05, 4.69) is 10.4 Å². The number of amides is 1. The third-order valence-corrected chi connectivity index (χ3v) is 3.48. The van der Waals surface area contributed by atoms with Crippen LogP contribution in [0.25, 0.3) is 0 Å². The van der Waals surface area contributed by atoms with Gasteiger partial charge in [-0.2, -0.15) is 5.10 Å². The van der Waals surface area contributed by atoms with E-state index in [0.29, 0.717) is 0 Å². The third kappa shape index (κ3) is 2.34. The first-order valence-electron chi connectivity index (χ1n) is 6.01. The number of rotatable bonds is 2. The van der Waals surface area contributed by atoms with E-state index in [1.165, 1.54) is 0 Å². The summed E-state index contributed by atoms with van der Waals surface area (Å²) < 4.78 is 1.87. The molecule has 2 rings (SSSR count). The molecular formula is C12H20N4O. The lowest BCUT2D eigenvalue weighted by Gasteiger charge is -2.32. The van der Waals surface area contributed by atoms with Gasteiger partial charge >= 0.3 is 0 Å². The summed E-state index contributed by atoms with van der Waals surface area (Å²) in [6.07, 6.45) is 2.69. The highest BCUT2D eigenvalue weighted by molar-refractivity contribution is 5.79. The monoisotopic (exact) mass is 236 g/mol. The molecule has 0 radical (unpaired) electrons. The second-order valence-corrected chi connectivity index (χ2v) is 4.82. The first-order chi connectivity index (χ1) is 8.11. The fraction of sp³-hybridized carbons (Fsp3) is 0.667. The van der Waals surface area contributed by atoms with Crippen LogP contribution >= 0.6 is 0 Å². The lowest BCUT2D eigenvalue weighted by Crippen LogP contribution is -2.43. The summed E-state index contributed by atoms with van der Waals surface area (Å²) in [7, 11) is 5.58. The predicted molar refractivity (Wildman–Crippen MR) is 65.6 cm³/mol. The third-order valence-electron chi connectivity index (χ3n) is 3.48. The van der Waals surface area contributed by atoms with Crippen LogP contribution in [0.15, 0.2) is 12.3 Å². The Labute approximate surface area is 102 Å². The molecule has 0 bridgehead atoms. The Morgan fingerprint density at radius 2 is 2.35 bits per heavy atom. The van der Waals surface area contributed by atoms with Gasteiger partial charge in [0.25, 0.3) is 0 Å². The molecule has 2 atom stereocenters. The number of hydrogen-bond donors (Lipinski definition) is 1. The van der Waals surface area contributed by atoms with Crippen molar-refractivity contribution in [3.05, 3.63) is 18.0 Å². The molecule has 1 aliphatic rings. The van der Waals surface area contributed by atoms with E-state index in [1.54, 1.807) is 11.1 Å². The Balaban J connectivity index is 2.24. The van der Waals surface area contributed by atoms with Gasteiger partial charge in [0.1, 0.15) is 0 Å². The zero-order valence-corrected chi connectivity index (χ0v) is 10.7. The van der Waals surface area contributed by atoms with Crippen LogP contribution in [0.1, 0.15) is 18.0 Å². The lowest BCUT2D eigenvalue weighted by molar-refractivity contribution is -0.134. The molecule has 1 aliphatic heterocycles. The minimum absolute atomic E-state index is 0.0710. The van der Waals surface area contributed by atoms with Gasteiger partial charge in [0.05, 0.1) is 0 Å². The molecule has 0 aromatic carbocycles. The van der Waals surface area contributed by atoms with E-state index in [1.807, 2.05) is 31.9 Å². The van der Waals surface area contributed by atoms with Gasteiger partial charge in [0, 0.05) is 51.4 Å². The van der Waals surface area contributed by atoms with E-state index < -0.39 is 0 Å². The first kappa shape index (κ1) is 12.1. The molecule has 5 heteroatoms. The van der Waals surface area contributed by atoms with Crippen molar-refractivity contribution in [1.82, 2.24) is 20.0 Å². The van der Waals surface area contributed by atoms with Crippen LogP contribution in [0.4, 0.5) is 0 Å². The summed E-state index contributed by atoms with van der Waals surface area (Å²) in [6.45, 7) is 1.77. The number of nitrogens with one attached hydrogen (secondary N) is 1. The Hall–Kier alpha value is -1.36. The number of carbonyl (C=O) groups excluding carboxylic acids is 1. The summed E-state index contributed by atoms with van der Waals surface area (Å²) in [4.78, 5) is 13.9. The minimum atomic E-state index is 0.0710. The lowest BCUT2D eigenvalue weighted by atomic mass is 9.83. The molecule has 1 fully saturated rings. The first-order valence-corrected chi connectivity index (χ1v) is 6.01. The van der Waals surface area contributed by atoms with Crippen LogP contribution in [-0.4, -0.2) is 47.8 Å². The zero-order valence-electron chi connectivity index (χ0n) is 10.7.